The number of H-pyrrole nitrogens is 1. The van der Waals surface area contributed by atoms with Crippen LogP contribution >= 0.6 is 12.6 Å². The van der Waals surface area contributed by atoms with E-state index in [1.165, 1.54) is 27.8 Å². The minimum Gasteiger partial charge on any atom is -0.357 e. The number of hydrogen-bond donors (Lipinski definition) is 3. The molecule has 2 heterocycles. The van der Waals surface area contributed by atoms with Gasteiger partial charge in [-0.1, -0.05) is 42.0 Å². The van der Waals surface area contributed by atoms with Crippen LogP contribution in [-0.2, 0) is 6.42 Å². The van der Waals surface area contributed by atoms with E-state index in [1.807, 2.05) is 6.07 Å². The molecular weight excluding hydrogens is 276 g/mol. The van der Waals surface area contributed by atoms with Gasteiger partial charge in [0.25, 0.3) is 0 Å². The Morgan fingerprint density at radius 3 is 2.71 bits per heavy atom. The van der Waals surface area contributed by atoms with Crippen LogP contribution in [0.1, 0.15) is 28.4 Å². The van der Waals surface area contributed by atoms with Crippen molar-refractivity contribution >= 4 is 23.5 Å². The Bertz CT molecular complexity index is 802. The molecule has 1 aliphatic rings. The van der Waals surface area contributed by atoms with Gasteiger partial charge in [-0.15, -0.1) is 12.6 Å². The fourth-order valence-corrected chi connectivity index (χ4v) is 3.55. The van der Waals surface area contributed by atoms with Gasteiger partial charge in [-0.25, -0.2) is 0 Å². The van der Waals surface area contributed by atoms with E-state index in [0.717, 1.165) is 23.4 Å². The normalized spacial score (nSPS) is 17.9. The molecule has 0 bridgehead atoms. The van der Waals surface area contributed by atoms with Crippen molar-refractivity contribution in [3.63, 3.8) is 0 Å². The molecule has 1 unspecified atom stereocenters. The fourth-order valence-electron chi connectivity index (χ4n) is 3.29. The third-order valence-electron chi connectivity index (χ3n) is 4.36. The zero-order valence-corrected chi connectivity index (χ0v) is 12.9. The first-order chi connectivity index (χ1) is 10.2. The van der Waals surface area contributed by atoms with Crippen molar-refractivity contribution in [3.05, 3.63) is 64.8 Å². The van der Waals surface area contributed by atoms with E-state index in [1.54, 1.807) is 0 Å². The van der Waals surface area contributed by atoms with E-state index in [4.69, 9.17) is 0 Å². The molecule has 21 heavy (non-hydrogen) atoms. The number of para-hydroxylation sites is 1. The SMILES string of the molecule is Cc1ccc(C2NCCc3[nH]c4c(S)cccc4c32)cc1. The minimum atomic E-state index is 0.262. The topological polar surface area (TPSA) is 27.8 Å². The molecule has 1 atom stereocenters. The first kappa shape index (κ1) is 13.0. The molecule has 4 rings (SSSR count). The second-order valence-electron chi connectivity index (χ2n) is 5.76. The summed E-state index contributed by atoms with van der Waals surface area (Å²) in [6.07, 6.45) is 1.04. The van der Waals surface area contributed by atoms with Gasteiger partial charge in [-0.2, -0.15) is 0 Å². The van der Waals surface area contributed by atoms with Crippen molar-refractivity contribution in [2.45, 2.75) is 24.3 Å². The summed E-state index contributed by atoms with van der Waals surface area (Å²) in [4.78, 5) is 4.60. The van der Waals surface area contributed by atoms with Crippen LogP contribution in [0.5, 0.6) is 0 Å². The Hall–Kier alpha value is -1.71. The Morgan fingerprint density at radius 2 is 1.90 bits per heavy atom. The number of rotatable bonds is 1. The molecule has 0 saturated heterocycles. The molecule has 2 nitrogen and oxygen atoms in total. The lowest BCUT2D eigenvalue weighted by molar-refractivity contribution is 0.567. The number of aromatic nitrogens is 1. The number of benzene rings is 2. The molecule has 2 N–H and O–H groups in total. The monoisotopic (exact) mass is 294 g/mol. The molecule has 0 spiro atoms. The molecule has 0 saturated carbocycles. The van der Waals surface area contributed by atoms with Gasteiger partial charge in [0.05, 0.1) is 11.6 Å². The lowest BCUT2D eigenvalue weighted by atomic mass is 9.92. The molecule has 106 valence electrons. The predicted octanol–water partition coefficient (Wildman–Crippen LogP) is 4.00. The average molecular weight is 294 g/mol. The molecule has 3 heteroatoms. The summed E-state index contributed by atoms with van der Waals surface area (Å²) in [5.74, 6) is 0. The average Bonchev–Trinajstić information content (AvgIpc) is 2.88. The van der Waals surface area contributed by atoms with Crippen LogP contribution in [0, 0.1) is 6.92 Å². The molecule has 3 aromatic rings. The Labute approximate surface area is 130 Å². The predicted molar refractivity (Wildman–Crippen MR) is 90.3 cm³/mol. The highest BCUT2D eigenvalue weighted by Crippen LogP contribution is 2.36. The number of fused-ring (bicyclic) bond motifs is 3. The highest BCUT2D eigenvalue weighted by molar-refractivity contribution is 7.80. The molecule has 1 aromatic heterocycles. The van der Waals surface area contributed by atoms with E-state index in [2.05, 4.69) is 66.3 Å². The maximum absolute atomic E-state index is 4.59. The number of aromatic amines is 1. The van der Waals surface area contributed by atoms with E-state index in [9.17, 15) is 0 Å². The summed E-state index contributed by atoms with van der Waals surface area (Å²) in [7, 11) is 0. The second kappa shape index (κ2) is 4.93. The maximum Gasteiger partial charge on any atom is 0.0600 e. The first-order valence-electron chi connectivity index (χ1n) is 7.36. The lowest BCUT2D eigenvalue weighted by Gasteiger charge is -2.25. The zero-order chi connectivity index (χ0) is 14.4. The molecule has 2 aromatic carbocycles. The van der Waals surface area contributed by atoms with Crippen molar-refractivity contribution in [1.82, 2.24) is 10.3 Å². The molecule has 0 fully saturated rings. The third-order valence-corrected chi connectivity index (χ3v) is 4.73. The number of aryl methyl sites for hydroxylation is 1. The van der Waals surface area contributed by atoms with Gasteiger partial charge < -0.3 is 10.3 Å². The highest BCUT2D eigenvalue weighted by atomic mass is 32.1. The van der Waals surface area contributed by atoms with Gasteiger partial charge in [-0.3, -0.25) is 0 Å². The van der Waals surface area contributed by atoms with Gasteiger partial charge in [0.15, 0.2) is 0 Å². The van der Waals surface area contributed by atoms with E-state index >= 15 is 0 Å². The molecule has 0 amide bonds. The van der Waals surface area contributed by atoms with Gasteiger partial charge in [-0.05, 0) is 18.6 Å². The summed E-state index contributed by atoms with van der Waals surface area (Å²) in [6.45, 7) is 3.13. The lowest BCUT2D eigenvalue weighted by Crippen LogP contribution is -2.30. The van der Waals surface area contributed by atoms with Gasteiger partial charge in [0, 0.05) is 34.5 Å². The first-order valence-corrected chi connectivity index (χ1v) is 7.81. The van der Waals surface area contributed by atoms with Crippen LogP contribution < -0.4 is 5.32 Å². The fraction of sp³-hybridized carbons (Fsp3) is 0.222. The Morgan fingerprint density at radius 1 is 1.10 bits per heavy atom. The van der Waals surface area contributed by atoms with Crippen LogP contribution in [0.25, 0.3) is 10.9 Å². The van der Waals surface area contributed by atoms with Gasteiger partial charge in [0.1, 0.15) is 0 Å². The van der Waals surface area contributed by atoms with E-state index < -0.39 is 0 Å². The number of hydrogen-bond acceptors (Lipinski definition) is 2. The Kier molecular flexibility index (Phi) is 3.05. The van der Waals surface area contributed by atoms with Crippen LogP contribution in [0.4, 0.5) is 0 Å². The number of nitrogens with one attached hydrogen (secondary N) is 2. The number of thiol groups is 1. The zero-order valence-electron chi connectivity index (χ0n) is 12.0. The second-order valence-corrected chi connectivity index (χ2v) is 6.25. The van der Waals surface area contributed by atoms with Crippen molar-refractivity contribution in [2.75, 3.05) is 6.54 Å². The summed E-state index contributed by atoms with van der Waals surface area (Å²) < 4.78 is 0. The highest BCUT2D eigenvalue weighted by Gasteiger charge is 2.25. The minimum absolute atomic E-state index is 0.262. The van der Waals surface area contributed by atoms with Crippen LogP contribution in [0.3, 0.4) is 0 Å². The van der Waals surface area contributed by atoms with E-state index in [-0.39, 0.29) is 6.04 Å². The summed E-state index contributed by atoms with van der Waals surface area (Å²) in [6, 6.07) is 15.4. The van der Waals surface area contributed by atoms with Crippen molar-refractivity contribution in [2.24, 2.45) is 0 Å². The van der Waals surface area contributed by atoms with E-state index in [0.29, 0.717) is 0 Å². The molecule has 0 aliphatic carbocycles. The standard InChI is InChI=1S/C18H18N2S/c1-11-5-7-12(8-6-11)17-16-13-3-2-4-15(21)18(13)20-14(16)9-10-19-17/h2-8,17,19-21H,9-10H2,1H3. The van der Waals surface area contributed by atoms with Crippen LogP contribution in [-0.4, -0.2) is 11.5 Å². The van der Waals surface area contributed by atoms with Crippen molar-refractivity contribution in [1.29, 1.82) is 0 Å². The maximum atomic E-state index is 4.59. The summed E-state index contributed by atoms with van der Waals surface area (Å²) >= 11 is 4.59. The van der Waals surface area contributed by atoms with Crippen molar-refractivity contribution < 1.29 is 0 Å². The van der Waals surface area contributed by atoms with Gasteiger partial charge >= 0.3 is 0 Å². The largest absolute Gasteiger partial charge is 0.357 e. The summed E-state index contributed by atoms with van der Waals surface area (Å²) in [5.41, 5.74) is 6.51. The molecule has 0 radical (unpaired) electrons. The quantitative estimate of drug-likeness (QED) is 0.582. The van der Waals surface area contributed by atoms with Crippen LogP contribution in [0.15, 0.2) is 47.4 Å². The summed E-state index contributed by atoms with van der Waals surface area (Å²) in [5, 5.41) is 4.95. The molecular formula is C18H18N2S. The van der Waals surface area contributed by atoms with Gasteiger partial charge in [0.2, 0.25) is 0 Å². The smallest absolute Gasteiger partial charge is 0.0600 e. The van der Waals surface area contributed by atoms with Crippen molar-refractivity contribution in [3.8, 4) is 0 Å². The Balaban J connectivity index is 1.93. The van der Waals surface area contributed by atoms with Crippen LogP contribution in [0.2, 0.25) is 0 Å². The molecule has 1 aliphatic heterocycles. The third kappa shape index (κ3) is 2.08.